The lowest BCUT2D eigenvalue weighted by Gasteiger charge is -2.20. The molecule has 0 saturated heterocycles. The first-order valence-corrected chi connectivity index (χ1v) is 10.5. The minimum atomic E-state index is -0.128. The van der Waals surface area contributed by atoms with Crippen LogP contribution in [0, 0.1) is 6.92 Å². The number of rotatable bonds is 7. The van der Waals surface area contributed by atoms with E-state index in [-0.39, 0.29) is 11.9 Å². The van der Waals surface area contributed by atoms with Crippen molar-refractivity contribution in [1.29, 1.82) is 0 Å². The molecule has 0 saturated carbocycles. The summed E-state index contributed by atoms with van der Waals surface area (Å²) in [6.45, 7) is 7.53. The molecule has 0 N–H and O–H groups in total. The maximum atomic E-state index is 13.3. The lowest BCUT2D eigenvalue weighted by Crippen LogP contribution is -2.33. The van der Waals surface area contributed by atoms with Crippen LogP contribution in [-0.2, 0) is 0 Å². The van der Waals surface area contributed by atoms with Gasteiger partial charge in [-0.05, 0) is 66.0 Å². The Morgan fingerprint density at radius 1 is 1.29 bits per heavy atom. The van der Waals surface area contributed by atoms with Gasteiger partial charge in [-0.2, -0.15) is 5.10 Å². The maximum Gasteiger partial charge on any atom is 0.280 e. The van der Waals surface area contributed by atoms with Crippen LogP contribution in [0.1, 0.15) is 42.5 Å². The van der Waals surface area contributed by atoms with E-state index in [1.54, 1.807) is 4.90 Å². The van der Waals surface area contributed by atoms with E-state index in [0.717, 1.165) is 28.9 Å². The molecule has 0 fully saturated rings. The number of aromatic nitrogens is 3. The van der Waals surface area contributed by atoms with Gasteiger partial charge in [0.25, 0.3) is 5.91 Å². The number of thiazole rings is 1. The fourth-order valence-electron chi connectivity index (χ4n) is 3.10. The summed E-state index contributed by atoms with van der Waals surface area (Å²) < 4.78 is 2.84. The van der Waals surface area contributed by atoms with Crippen LogP contribution in [0.25, 0.3) is 10.2 Å². The Labute approximate surface area is 174 Å². The number of anilines is 1. The van der Waals surface area contributed by atoms with Crippen molar-refractivity contribution in [3.05, 3.63) is 40.7 Å². The van der Waals surface area contributed by atoms with Crippen LogP contribution < -0.4 is 4.90 Å². The van der Waals surface area contributed by atoms with Gasteiger partial charge in [-0.15, -0.1) is 0 Å². The van der Waals surface area contributed by atoms with Gasteiger partial charge in [0.1, 0.15) is 5.52 Å². The van der Waals surface area contributed by atoms with E-state index in [1.165, 1.54) is 11.3 Å². The van der Waals surface area contributed by atoms with E-state index in [4.69, 9.17) is 11.6 Å². The summed E-state index contributed by atoms with van der Waals surface area (Å²) in [5.74, 6) is -0.128. The number of carbonyl (C=O) groups excluding carboxylic acids is 1. The molecule has 3 aromatic rings. The lowest BCUT2D eigenvalue weighted by atomic mass is 10.3. The molecule has 1 aromatic carbocycles. The van der Waals surface area contributed by atoms with Crippen LogP contribution >= 0.6 is 22.9 Å². The summed E-state index contributed by atoms with van der Waals surface area (Å²) in [5, 5.41) is 5.79. The molecule has 0 unspecified atom stereocenters. The van der Waals surface area contributed by atoms with Crippen molar-refractivity contribution in [2.75, 3.05) is 32.1 Å². The number of aryl methyl sites for hydroxylation is 1. The number of hydrogen-bond donors (Lipinski definition) is 0. The Morgan fingerprint density at radius 3 is 2.64 bits per heavy atom. The van der Waals surface area contributed by atoms with E-state index in [2.05, 4.69) is 28.8 Å². The summed E-state index contributed by atoms with van der Waals surface area (Å²) in [6, 6.07) is 7.74. The van der Waals surface area contributed by atoms with Crippen LogP contribution in [0.4, 0.5) is 5.13 Å². The highest BCUT2D eigenvalue weighted by atomic mass is 35.5. The Kier molecular flexibility index (Phi) is 6.37. The Morgan fingerprint density at radius 2 is 2.04 bits per heavy atom. The van der Waals surface area contributed by atoms with Gasteiger partial charge in [-0.3, -0.25) is 14.4 Å². The number of halogens is 1. The highest BCUT2D eigenvalue weighted by Crippen LogP contribution is 2.33. The highest BCUT2D eigenvalue weighted by molar-refractivity contribution is 7.22. The smallest absolute Gasteiger partial charge is 0.280 e. The van der Waals surface area contributed by atoms with Gasteiger partial charge in [0.2, 0.25) is 0 Å². The standard InChI is InChI=1S/C20H26ClN5OS/c1-13(2)26-14(3)12-16(23-26)19(27)25(11-7-10-24(4)5)20-22-18-15(21)8-6-9-17(18)28-20/h6,8-9,12-13H,7,10-11H2,1-5H3. The van der Waals surface area contributed by atoms with E-state index in [9.17, 15) is 4.79 Å². The van der Waals surface area contributed by atoms with E-state index >= 15 is 0 Å². The van der Waals surface area contributed by atoms with Gasteiger partial charge in [-0.1, -0.05) is 29.0 Å². The van der Waals surface area contributed by atoms with Crippen molar-refractivity contribution >= 4 is 44.2 Å². The van der Waals surface area contributed by atoms with Crippen molar-refractivity contribution in [2.24, 2.45) is 0 Å². The van der Waals surface area contributed by atoms with E-state index < -0.39 is 0 Å². The molecule has 0 bridgehead atoms. The summed E-state index contributed by atoms with van der Waals surface area (Å²) in [6.07, 6.45) is 0.840. The predicted molar refractivity (Wildman–Crippen MR) is 117 cm³/mol. The fourth-order valence-corrected chi connectivity index (χ4v) is 4.39. The molecule has 0 aliphatic heterocycles. The number of benzene rings is 1. The third kappa shape index (κ3) is 4.37. The number of amides is 1. The molecule has 2 aromatic heterocycles. The molecule has 0 aliphatic carbocycles. The average molecular weight is 420 g/mol. The Bertz CT molecular complexity index is 978. The highest BCUT2D eigenvalue weighted by Gasteiger charge is 2.24. The number of para-hydroxylation sites is 1. The van der Waals surface area contributed by atoms with Crippen molar-refractivity contribution in [3.63, 3.8) is 0 Å². The molecule has 150 valence electrons. The van der Waals surface area contributed by atoms with Crippen molar-refractivity contribution in [3.8, 4) is 0 Å². The first-order valence-electron chi connectivity index (χ1n) is 9.35. The van der Waals surface area contributed by atoms with E-state index in [0.29, 0.717) is 22.4 Å². The normalized spacial score (nSPS) is 11.7. The van der Waals surface area contributed by atoms with Gasteiger partial charge in [0.05, 0.1) is 9.72 Å². The van der Waals surface area contributed by atoms with Crippen LogP contribution in [0.2, 0.25) is 5.02 Å². The summed E-state index contributed by atoms with van der Waals surface area (Å²) >= 11 is 7.77. The molecule has 0 radical (unpaired) electrons. The second-order valence-electron chi connectivity index (χ2n) is 7.41. The number of hydrogen-bond acceptors (Lipinski definition) is 5. The number of nitrogens with zero attached hydrogens (tertiary/aromatic N) is 5. The molecule has 0 spiro atoms. The van der Waals surface area contributed by atoms with Gasteiger partial charge in [0, 0.05) is 18.3 Å². The zero-order valence-corrected chi connectivity index (χ0v) is 18.5. The minimum absolute atomic E-state index is 0.128. The topological polar surface area (TPSA) is 54.3 Å². The lowest BCUT2D eigenvalue weighted by molar-refractivity contribution is 0.0980. The SMILES string of the molecule is Cc1cc(C(=O)N(CCCN(C)C)c2nc3c(Cl)cccc3s2)nn1C(C)C. The van der Waals surface area contributed by atoms with Crippen LogP contribution in [0.15, 0.2) is 24.3 Å². The molecular weight excluding hydrogens is 394 g/mol. The van der Waals surface area contributed by atoms with Gasteiger partial charge in [0.15, 0.2) is 10.8 Å². The predicted octanol–water partition coefficient (Wildman–Crippen LogP) is 4.63. The van der Waals surface area contributed by atoms with Gasteiger partial charge < -0.3 is 4.90 Å². The quantitative estimate of drug-likeness (QED) is 0.560. The molecule has 1 amide bonds. The molecule has 8 heteroatoms. The Balaban J connectivity index is 1.96. The monoisotopic (exact) mass is 419 g/mol. The third-order valence-corrected chi connectivity index (χ3v) is 5.80. The van der Waals surface area contributed by atoms with Crippen molar-refractivity contribution in [2.45, 2.75) is 33.2 Å². The number of carbonyl (C=O) groups is 1. The van der Waals surface area contributed by atoms with Crippen LogP contribution in [-0.4, -0.2) is 52.8 Å². The first-order chi connectivity index (χ1) is 13.3. The fraction of sp³-hybridized carbons (Fsp3) is 0.450. The summed E-state index contributed by atoms with van der Waals surface area (Å²) in [4.78, 5) is 21.8. The molecule has 3 rings (SSSR count). The van der Waals surface area contributed by atoms with Gasteiger partial charge >= 0.3 is 0 Å². The van der Waals surface area contributed by atoms with Crippen LogP contribution in [0.3, 0.4) is 0 Å². The molecule has 2 heterocycles. The molecule has 6 nitrogen and oxygen atoms in total. The Hall–Kier alpha value is -1.96. The van der Waals surface area contributed by atoms with E-state index in [1.807, 2.05) is 50.0 Å². The third-order valence-electron chi connectivity index (χ3n) is 4.45. The maximum absolute atomic E-state index is 13.3. The van der Waals surface area contributed by atoms with Crippen LogP contribution in [0.5, 0.6) is 0 Å². The molecule has 28 heavy (non-hydrogen) atoms. The molecule has 0 aliphatic rings. The largest absolute Gasteiger partial charge is 0.309 e. The summed E-state index contributed by atoms with van der Waals surface area (Å²) in [5.41, 5.74) is 2.15. The molecule has 0 atom stereocenters. The zero-order valence-electron chi connectivity index (χ0n) is 16.9. The zero-order chi connectivity index (χ0) is 20.4. The van der Waals surface area contributed by atoms with Gasteiger partial charge in [-0.25, -0.2) is 4.98 Å². The minimum Gasteiger partial charge on any atom is -0.309 e. The second kappa shape index (κ2) is 8.59. The van der Waals surface area contributed by atoms with Crippen molar-refractivity contribution in [1.82, 2.24) is 19.7 Å². The number of fused-ring (bicyclic) bond motifs is 1. The molecular formula is C20H26ClN5OS. The summed E-state index contributed by atoms with van der Waals surface area (Å²) in [7, 11) is 4.05. The van der Waals surface area contributed by atoms with Crippen molar-refractivity contribution < 1.29 is 4.79 Å². The first kappa shape index (κ1) is 20.8. The average Bonchev–Trinajstić information content (AvgIpc) is 3.22. The second-order valence-corrected chi connectivity index (χ2v) is 8.82.